The molecule has 1 aliphatic heterocycles. The maximum Gasteiger partial charge on any atom is 0.229 e. The van der Waals surface area contributed by atoms with Gasteiger partial charge >= 0.3 is 0 Å². The van der Waals surface area contributed by atoms with Gasteiger partial charge in [-0.15, -0.1) is 0 Å². The van der Waals surface area contributed by atoms with Gasteiger partial charge in [0, 0.05) is 5.56 Å². The molecule has 20 heavy (non-hydrogen) atoms. The topological polar surface area (TPSA) is 99.4 Å². The minimum atomic E-state index is -1.37. The summed E-state index contributed by atoms with van der Waals surface area (Å²) in [5, 5.41) is 39.0. The average molecular weight is 284 g/mol. The Hall–Kier alpha value is -1.34. The SMILES string of the molecule is Cc1cc(O)c(C)c(OC2OC(C)C(O)C(O)C2O)c1. The lowest BCUT2D eigenvalue weighted by Crippen LogP contribution is -2.58. The predicted molar refractivity (Wildman–Crippen MR) is 70.6 cm³/mol. The van der Waals surface area contributed by atoms with Crippen molar-refractivity contribution in [3.8, 4) is 11.5 Å². The Bertz CT molecular complexity index is 489. The summed E-state index contributed by atoms with van der Waals surface area (Å²) in [6, 6.07) is 3.30. The number of aliphatic hydroxyl groups is 3. The van der Waals surface area contributed by atoms with E-state index >= 15 is 0 Å². The molecule has 0 aromatic heterocycles. The highest BCUT2D eigenvalue weighted by Gasteiger charge is 2.43. The number of aliphatic hydroxyl groups excluding tert-OH is 3. The fourth-order valence-corrected chi connectivity index (χ4v) is 2.17. The van der Waals surface area contributed by atoms with Gasteiger partial charge in [0.05, 0.1) is 6.10 Å². The molecule has 1 aromatic carbocycles. The molecule has 0 spiro atoms. The normalized spacial score (nSPS) is 34.0. The van der Waals surface area contributed by atoms with Gasteiger partial charge in [0.2, 0.25) is 6.29 Å². The number of hydrogen-bond acceptors (Lipinski definition) is 6. The third-order valence-electron chi connectivity index (χ3n) is 3.53. The van der Waals surface area contributed by atoms with Crippen LogP contribution in [0.3, 0.4) is 0 Å². The molecule has 2 rings (SSSR count). The van der Waals surface area contributed by atoms with Crippen LogP contribution >= 0.6 is 0 Å². The fraction of sp³-hybridized carbons (Fsp3) is 0.571. The fourth-order valence-electron chi connectivity index (χ4n) is 2.17. The van der Waals surface area contributed by atoms with Gasteiger partial charge in [-0.2, -0.15) is 0 Å². The minimum Gasteiger partial charge on any atom is -0.508 e. The van der Waals surface area contributed by atoms with E-state index < -0.39 is 30.7 Å². The Morgan fingerprint density at radius 1 is 1.05 bits per heavy atom. The summed E-state index contributed by atoms with van der Waals surface area (Å²) in [5.74, 6) is 0.446. The summed E-state index contributed by atoms with van der Waals surface area (Å²) in [4.78, 5) is 0. The zero-order chi connectivity index (χ0) is 15.0. The van der Waals surface area contributed by atoms with Gasteiger partial charge in [0.15, 0.2) is 0 Å². The van der Waals surface area contributed by atoms with Crippen molar-refractivity contribution in [1.82, 2.24) is 0 Å². The Kier molecular flexibility index (Phi) is 4.19. The van der Waals surface area contributed by atoms with Crippen LogP contribution in [0.2, 0.25) is 0 Å². The number of phenols is 1. The quantitative estimate of drug-likeness (QED) is 0.620. The third kappa shape index (κ3) is 2.73. The molecule has 112 valence electrons. The van der Waals surface area contributed by atoms with Crippen molar-refractivity contribution < 1.29 is 29.9 Å². The maximum atomic E-state index is 9.89. The summed E-state index contributed by atoms with van der Waals surface area (Å²) in [7, 11) is 0. The van der Waals surface area contributed by atoms with Crippen molar-refractivity contribution in [2.45, 2.75) is 51.5 Å². The summed E-state index contributed by atoms with van der Waals surface area (Å²) in [6.45, 7) is 5.05. The van der Waals surface area contributed by atoms with Gasteiger partial charge in [-0.05, 0) is 38.5 Å². The van der Waals surface area contributed by atoms with Gasteiger partial charge in [0.1, 0.15) is 29.8 Å². The number of benzene rings is 1. The van der Waals surface area contributed by atoms with Crippen LogP contribution in [-0.4, -0.2) is 51.1 Å². The molecular weight excluding hydrogens is 264 g/mol. The van der Waals surface area contributed by atoms with Crippen LogP contribution in [-0.2, 0) is 4.74 Å². The highest BCUT2D eigenvalue weighted by molar-refractivity contribution is 5.46. The van der Waals surface area contributed by atoms with E-state index in [4.69, 9.17) is 9.47 Å². The Morgan fingerprint density at radius 2 is 1.70 bits per heavy atom. The van der Waals surface area contributed by atoms with Gasteiger partial charge < -0.3 is 29.9 Å². The van der Waals surface area contributed by atoms with Gasteiger partial charge in [-0.1, -0.05) is 0 Å². The van der Waals surface area contributed by atoms with Gasteiger partial charge in [-0.25, -0.2) is 0 Å². The number of aryl methyl sites for hydroxylation is 1. The molecule has 1 fully saturated rings. The molecule has 0 saturated carbocycles. The summed E-state index contributed by atoms with van der Waals surface area (Å²) < 4.78 is 10.9. The third-order valence-corrected chi connectivity index (χ3v) is 3.53. The molecule has 0 aliphatic carbocycles. The van der Waals surface area contributed by atoms with E-state index in [0.29, 0.717) is 11.3 Å². The van der Waals surface area contributed by atoms with Crippen LogP contribution in [0.5, 0.6) is 11.5 Å². The molecule has 0 radical (unpaired) electrons. The van der Waals surface area contributed by atoms with Crippen LogP contribution in [0, 0.1) is 13.8 Å². The Morgan fingerprint density at radius 3 is 2.35 bits per heavy atom. The lowest BCUT2D eigenvalue weighted by molar-refractivity contribution is -0.268. The van der Waals surface area contributed by atoms with Crippen LogP contribution < -0.4 is 4.74 Å². The predicted octanol–water partition coefficient (Wildman–Crippen LogP) is 0.215. The van der Waals surface area contributed by atoms with Crippen molar-refractivity contribution in [2.24, 2.45) is 0 Å². The van der Waals surface area contributed by atoms with E-state index in [1.807, 2.05) is 0 Å². The summed E-state index contributed by atoms with van der Waals surface area (Å²) in [5.41, 5.74) is 1.31. The second kappa shape index (κ2) is 5.57. The maximum absolute atomic E-state index is 9.89. The van der Waals surface area contributed by atoms with Crippen LogP contribution in [0.25, 0.3) is 0 Å². The number of rotatable bonds is 2. The van der Waals surface area contributed by atoms with E-state index in [9.17, 15) is 20.4 Å². The molecular formula is C14H20O6. The van der Waals surface area contributed by atoms with E-state index in [1.54, 1.807) is 32.9 Å². The first kappa shape index (κ1) is 15.1. The van der Waals surface area contributed by atoms with E-state index in [2.05, 4.69) is 0 Å². The van der Waals surface area contributed by atoms with Crippen LogP contribution in [0.4, 0.5) is 0 Å². The number of hydrogen-bond donors (Lipinski definition) is 4. The molecule has 0 amide bonds. The second-order valence-corrected chi connectivity index (χ2v) is 5.21. The van der Waals surface area contributed by atoms with Crippen LogP contribution in [0.1, 0.15) is 18.1 Å². The lowest BCUT2D eigenvalue weighted by atomic mass is 10.00. The smallest absolute Gasteiger partial charge is 0.229 e. The molecule has 0 bridgehead atoms. The lowest BCUT2D eigenvalue weighted by Gasteiger charge is -2.39. The number of ether oxygens (including phenoxy) is 2. The van der Waals surface area contributed by atoms with Crippen LogP contribution in [0.15, 0.2) is 12.1 Å². The van der Waals surface area contributed by atoms with Gasteiger partial charge in [0.25, 0.3) is 0 Å². The average Bonchev–Trinajstić information content (AvgIpc) is 2.39. The molecule has 5 unspecified atom stereocenters. The van der Waals surface area contributed by atoms with Gasteiger partial charge in [-0.3, -0.25) is 0 Å². The van der Waals surface area contributed by atoms with Crippen molar-refractivity contribution in [1.29, 1.82) is 0 Å². The van der Waals surface area contributed by atoms with E-state index in [0.717, 1.165) is 5.56 Å². The molecule has 1 saturated heterocycles. The molecule has 4 N–H and O–H groups in total. The summed E-state index contributed by atoms with van der Waals surface area (Å²) in [6.07, 6.45) is -5.66. The molecule has 6 heteroatoms. The Balaban J connectivity index is 2.21. The zero-order valence-electron chi connectivity index (χ0n) is 11.6. The highest BCUT2D eigenvalue weighted by Crippen LogP contribution is 2.31. The standard InChI is InChI=1S/C14H20O6/c1-6-4-9(15)7(2)10(5-6)20-14-13(18)12(17)11(16)8(3)19-14/h4-5,8,11-18H,1-3H3. The molecule has 6 nitrogen and oxygen atoms in total. The van der Waals surface area contributed by atoms with E-state index in [-0.39, 0.29) is 5.75 Å². The molecule has 1 aromatic rings. The Labute approximate surface area is 117 Å². The first-order chi connectivity index (χ1) is 9.31. The molecule has 1 heterocycles. The highest BCUT2D eigenvalue weighted by atomic mass is 16.7. The van der Waals surface area contributed by atoms with Crippen molar-refractivity contribution in [3.05, 3.63) is 23.3 Å². The first-order valence-electron chi connectivity index (χ1n) is 6.47. The monoisotopic (exact) mass is 284 g/mol. The first-order valence-corrected chi connectivity index (χ1v) is 6.47. The number of phenolic OH excluding ortho intramolecular Hbond substituents is 1. The molecule has 5 atom stereocenters. The minimum absolute atomic E-state index is 0.0823. The van der Waals surface area contributed by atoms with Crippen molar-refractivity contribution in [3.63, 3.8) is 0 Å². The second-order valence-electron chi connectivity index (χ2n) is 5.21. The van der Waals surface area contributed by atoms with Crippen molar-refractivity contribution >= 4 is 0 Å². The van der Waals surface area contributed by atoms with Crippen molar-refractivity contribution in [2.75, 3.05) is 0 Å². The summed E-state index contributed by atoms with van der Waals surface area (Å²) >= 11 is 0. The zero-order valence-corrected chi connectivity index (χ0v) is 11.6. The van der Waals surface area contributed by atoms with E-state index in [1.165, 1.54) is 0 Å². The molecule has 1 aliphatic rings. The largest absolute Gasteiger partial charge is 0.508 e. The number of aromatic hydroxyl groups is 1.